The Balaban J connectivity index is 1.69. The van der Waals surface area contributed by atoms with Gasteiger partial charge in [-0.2, -0.15) is 18.4 Å². The molecule has 0 fully saturated rings. The Morgan fingerprint density at radius 2 is 1.86 bits per heavy atom. The molecule has 1 unspecified atom stereocenters. The third kappa shape index (κ3) is 4.81. The van der Waals surface area contributed by atoms with E-state index in [0.717, 1.165) is 11.6 Å². The molecule has 1 aliphatic carbocycles. The van der Waals surface area contributed by atoms with E-state index in [9.17, 15) is 21.6 Å². The zero-order valence-corrected chi connectivity index (χ0v) is 20.1. The normalized spacial score (nSPS) is 15.4. The molecule has 1 aliphatic rings. The Morgan fingerprint density at radius 1 is 1.14 bits per heavy atom. The van der Waals surface area contributed by atoms with Crippen LogP contribution in [-0.4, -0.2) is 15.0 Å². The average molecular weight is 521 g/mol. The molecular weight excluding hydrogens is 501 g/mol. The van der Waals surface area contributed by atoms with Crippen LogP contribution in [0.1, 0.15) is 41.7 Å². The fourth-order valence-corrected chi connectivity index (χ4v) is 5.83. The molecule has 10 heteroatoms. The number of fused-ring (bicyclic) bond motifs is 1. The van der Waals surface area contributed by atoms with Gasteiger partial charge in [-0.05, 0) is 79.4 Å². The lowest BCUT2D eigenvalue weighted by molar-refractivity contribution is -0.139. The Labute approximate surface area is 206 Å². The lowest BCUT2D eigenvalue weighted by Crippen LogP contribution is -2.31. The molecule has 0 amide bonds. The van der Waals surface area contributed by atoms with Crippen molar-refractivity contribution in [1.82, 2.24) is 0 Å². The minimum absolute atomic E-state index is 0.0255. The molecule has 0 saturated carbocycles. The number of nitrogens with zero attached hydrogens (tertiary/aromatic N) is 2. The molecule has 35 heavy (non-hydrogen) atoms. The van der Waals surface area contributed by atoms with Gasteiger partial charge >= 0.3 is 6.18 Å². The molecule has 3 aromatic carbocycles. The molecule has 0 bridgehead atoms. The molecular formula is C25H20ClF3N2O3S. The first-order chi connectivity index (χ1) is 16.6. The highest BCUT2D eigenvalue weighted by Gasteiger charge is 2.37. The molecule has 0 heterocycles. The number of aryl methyl sites for hydroxylation is 1. The molecule has 0 saturated heterocycles. The fraction of sp³-hybridized carbons (Fsp3) is 0.240. The summed E-state index contributed by atoms with van der Waals surface area (Å²) < 4.78 is 74.2. The van der Waals surface area contributed by atoms with Crippen molar-refractivity contribution in [2.75, 3.05) is 10.8 Å². The van der Waals surface area contributed by atoms with E-state index in [4.69, 9.17) is 21.6 Å². The van der Waals surface area contributed by atoms with Crippen molar-refractivity contribution in [2.24, 2.45) is 0 Å². The first-order valence-corrected chi connectivity index (χ1v) is 12.6. The van der Waals surface area contributed by atoms with Gasteiger partial charge in [-0.15, -0.1) is 0 Å². The molecule has 0 N–H and O–H groups in total. The van der Waals surface area contributed by atoms with Gasteiger partial charge in [0.15, 0.2) is 5.75 Å². The Bertz CT molecular complexity index is 1400. The largest absolute Gasteiger partial charge is 0.484 e. The predicted molar refractivity (Wildman–Crippen MR) is 126 cm³/mol. The minimum Gasteiger partial charge on any atom is -0.484 e. The zero-order valence-electron chi connectivity index (χ0n) is 18.5. The number of anilines is 1. The number of hydrogen-bond acceptors (Lipinski definition) is 4. The highest BCUT2D eigenvalue weighted by molar-refractivity contribution is 7.92. The Morgan fingerprint density at radius 3 is 2.49 bits per heavy atom. The lowest BCUT2D eigenvalue weighted by Gasteiger charge is -2.25. The van der Waals surface area contributed by atoms with E-state index < -0.39 is 33.6 Å². The molecule has 0 aromatic heterocycles. The summed E-state index contributed by atoms with van der Waals surface area (Å²) in [5.41, 5.74) is 1.21. The zero-order chi connectivity index (χ0) is 25.4. The van der Waals surface area contributed by atoms with Crippen molar-refractivity contribution >= 4 is 27.3 Å². The molecule has 0 spiro atoms. The van der Waals surface area contributed by atoms with E-state index in [1.807, 2.05) is 6.07 Å². The topological polar surface area (TPSA) is 70.4 Å². The predicted octanol–water partition coefficient (Wildman–Crippen LogP) is 6.51. The third-order valence-corrected chi connectivity index (χ3v) is 8.05. The van der Waals surface area contributed by atoms with Crippen LogP contribution in [0.25, 0.3) is 0 Å². The monoisotopic (exact) mass is 520 g/mol. The first-order valence-electron chi connectivity index (χ1n) is 10.7. The van der Waals surface area contributed by atoms with Crippen molar-refractivity contribution in [3.05, 3.63) is 87.9 Å². The van der Waals surface area contributed by atoms with Crippen LogP contribution in [0.3, 0.4) is 0 Å². The van der Waals surface area contributed by atoms with Gasteiger partial charge in [0.25, 0.3) is 10.0 Å². The summed E-state index contributed by atoms with van der Waals surface area (Å²) in [6.45, 7) is 1.80. The maximum absolute atomic E-state index is 13.5. The lowest BCUT2D eigenvalue weighted by atomic mass is 10.1. The van der Waals surface area contributed by atoms with Crippen molar-refractivity contribution < 1.29 is 26.3 Å². The maximum atomic E-state index is 13.5. The Kier molecular flexibility index (Phi) is 6.71. The Hall–Kier alpha value is -3.22. The second kappa shape index (κ2) is 9.44. The fourth-order valence-electron chi connectivity index (χ4n) is 4.14. The van der Waals surface area contributed by atoms with Gasteiger partial charge in [0.1, 0.15) is 6.10 Å². The van der Waals surface area contributed by atoms with Gasteiger partial charge in [0.05, 0.1) is 32.8 Å². The van der Waals surface area contributed by atoms with Crippen molar-refractivity contribution in [3.63, 3.8) is 0 Å². The second-order valence-electron chi connectivity index (χ2n) is 7.95. The maximum Gasteiger partial charge on any atom is 0.420 e. The number of ether oxygens (including phenoxy) is 1. The summed E-state index contributed by atoms with van der Waals surface area (Å²) in [4.78, 5) is 0.0255. The number of hydrogen-bond donors (Lipinski definition) is 0. The third-order valence-electron chi connectivity index (χ3n) is 5.83. The van der Waals surface area contributed by atoms with E-state index >= 15 is 0 Å². The van der Waals surface area contributed by atoms with Gasteiger partial charge < -0.3 is 4.74 Å². The SMILES string of the molecule is CCN(c1ccc2c(c1)C(Oc1c(Cl)cccc1C(F)(F)F)CC2)S(=O)(=O)c1ccc(C#N)cc1. The number of sulfonamides is 1. The van der Waals surface area contributed by atoms with Crippen LogP contribution in [0.4, 0.5) is 18.9 Å². The van der Waals surface area contributed by atoms with E-state index in [1.54, 1.807) is 25.1 Å². The number of nitriles is 1. The highest BCUT2D eigenvalue weighted by Crippen LogP contribution is 2.45. The standard InChI is InChI=1S/C25H20ClF3N2O3S/c1-2-31(35(32,33)19-11-6-16(15-30)7-12-19)18-10-8-17-9-13-23(20(17)14-18)34-24-21(25(27,28)29)4-3-5-22(24)26/h3-8,10-12,14,23H,2,9,13H2,1H3. The summed E-state index contributed by atoms with van der Waals surface area (Å²) in [7, 11) is -3.94. The van der Waals surface area contributed by atoms with Crippen LogP contribution in [0, 0.1) is 11.3 Å². The molecule has 4 rings (SSSR count). The van der Waals surface area contributed by atoms with Gasteiger partial charge in [0, 0.05) is 6.54 Å². The average Bonchev–Trinajstić information content (AvgIpc) is 3.22. The second-order valence-corrected chi connectivity index (χ2v) is 10.2. The van der Waals surface area contributed by atoms with Gasteiger partial charge in [-0.25, -0.2) is 8.42 Å². The van der Waals surface area contributed by atoms with Crippen LogP contribution in [0.2, 0.25) is 5.02 Å². The van der Waals surface area contributed by atoms with Crippen LogP contribution in [0.15, 0.2) is 65.6 Å². The molecule has 182 valence electrons. The van der Waals surface area contributed by atoms with Crippen LogP contribution in [0.5, 0.6) is 5.75 Å². The smallest absolute Gasteiger partial charge is 0.420 e. The minimum atomic E-state index is -4.64. The number of halogens is 4. The van der Waals surface area contributed by atoms with Crippen LogP contribution >= 0.6 is 11.6 Å². The van der Waals surface area contributed by atoms with Crippen LogP contribution in [-0.2, 0) is 22.6 Å². The van der Waals surface area contributed by atoms with Crippen molar-refractivity contribution in [1.29, 1.82) is 5.26 Å². The molecule has 3 aromatic rings. The van der Waals surface area contributed by atoms with E-state index in [2.05, 4.69) is 0 Å². The molecule has 5 nitrogen and oxygen atoms in total. The van der Waals surface area contributed by atoms with E-state index in [-0.39, 0.29) is 16.5 Å². The quantitative estimate of drug-likeness (QED) is 0.371. The van der Waals surface area contributed by atoms with Crippen molar-refractivity contribution in [3.8, 4) is 11.8 Å². The number of rotatable bonds is 6. The van der Waals surface area contributed by atoms with E-state index in [1.165, 1.54) is 40.7 Å². The van der Waals surface area contributed by atoms with Gasteiger partial charge in [0.2, 0.25) is 0 Å². The van der Waals surface area contributed by atoms with Crippen molar-refractivity contribution in [2.45, 2.75) is 36.9 Å². The summed E-state index contributed by atoms with van der Waals surface area (Å²) >= 11 is 6.06. The first kappa shape index (κ1) is 24.9. The van der Waals surface area contributed by atoms with Crippen LogP contribution < -0.4 is 9.04 Å². The summed E-state index contributed by atoms with van der Waals surface area (Å²) in [6.07, 6.45) is -4.36. The summed E-state index contributed by atoms with van der Waals surface area (Å²) in [6, 6.07) is 16.1. The molecule has 1 atom stereocenters. The highest BCUT2D eigenvalue weighted by atomic mass is 35.5. The van der Waals surface area contributed by atoms with E-state index in [0.29, 0.717) is 29.7 Å². The molecule has 0 aliphatic heterocycles. The summed E-state index contributed by atoms with van der Waals surface area (Å²) in [5.74, 6) is -0.442. The number of benzene rings is 3. The van der Waals surface area contributed by atoms with Gasteiger partial charge in [-0.3, -0.25) is 4.31 Å². The molecule has 0 radical (unpaired) electrons. The van der Waals surface area contributed by atoms with Gasteiger partial charge in [-0.1, -0.05) is 23.7 Å². The number of alkyl halides is 3. The number of para-hydroxylation sites is 1. The summed E-state index contributed by atoms with van der Waals surface area (Å²) in [5, 5.41) is 8.82.